The number of benzene rings is 1. The number of allylic oxidation sites excluding steroid dienone is 2. The van der Waals surface area contributed by atoms with E-state index >= 15 is 0 Å². The minimum atomic E-state index is -2.03. The highest BCUT2D eigenvalue weighted by atomic mass is 19.1. The van der Waals surface area contributed by atoms with Crippen LogP contribution in [0.4, 0.5) is 10.1 Å². The minimum absolute atomic E-state index is 0.0156. The highest BCUT2D eigenvalue weighted by Gasteiger charge is 2.40. The maximum absolute atomic E-state index is 14.8. The van der Waals surface area contributed by atoms with Crippen LogP contribution in [0.2, 0.25) is 0 Å². The Balaban J connectivity index is 2.57. The number of nitro groups is 1. The van der Waals surface area contributed by atoms with E-state index in [-0.39, 0.29) is 11.3 Å². The first-order valence-corrected chi connectivity index (χ1v) is 5.10. The second-order valence-electron chi connectivity index (χ2n) is 3.81. The van der Waals surface area contributed by atoms with Gasteiger partial charge in [-0.2, -0.15) is 0 Å². The summed E-state index contributed by atoms with van der Waals surface area (Å²) in [4.78, 5) is 10.3. The molecule has 2 unspecified atom stereocenters. The van der Waals surface area contributed by atoms with Gasteiger partial charge < -0.3 is 5.73 Å². The van der Waals surface area contributed by atoms with Gasteiger partial charge in [-0.25, -0.2) is 4.39 Å². The minimum Gasteiger partial charge on any atom is -0.321 e. The van der Waals surface area contributed by atoms with Gasteiger partial charge in [0.05, 0.1) is 16.5 Å². The molecule has 0 aliphatic heterocycles. The first-order chi connectivity index (χ1) is 8.05. The molecule has 1 aliphatic carbocycles. The van der Waals surface area contributed by atoms with Gasteiger partial charge in [-0.15, -0.1) is 0 Å². The van der Waals surface area contributed by atoms with E-state index in [0.29, 0.717) is 0 Å². The third-order valence-electron chi connectivity index (χ3n) is 2.77. The van der Waals surface area contributed by atoms with Crippen LogP contribution in [0.1, 0.15) is 5.56 Å². The lowest BCUT2D eigenvalue weighted by molar-refractivity contribution is -0.386. The quantitative estimate of drug-likeness (QED) is 0.630. The fourth-order valence-electron chi connectivity index (χ4n) is 1.86. The van der Waals surface area contributed by atoms with Gasteiger partial charge in [-0.1, -0.05) is 30.4 Å². The molecule has 0 amide bonds. The molecule has 5 heteroatoms. The molecule has 1 aliphatic rings. The van der Waals surface area contributed by atoms with Crippen molar-refractivity contribution in [3.05, 3.63) is 64.2 Å². The molecule has 0 heterocycles. The van der Waals surface area contributed by atoms with Gasteiger partial charge >= 0.3 is 0 Å². The fourth-order valence-corrected chi connectivity index (χ4v) is 1.86. The van der Waals surface area contributed by atoms with Crippen molar-refractivity contribution in [2.75, 3.05) is 0 Å². The molecule has 2 rings (SSSR count). The Kier molecular flexibility index (Phi) is 2.77. The van der Waals surface area contributed by atoms with Crippen LogP contribution in [0.3, 0.4) is 0 Å². The van der Waals surface area contributed by atoms with Crippen LogP contribution in [0.15, 0.2) is 48.6 Å². The summed E-state index contributed by atoms with van der Waals surface area (Å²) >= 11 is 0. The Hall–Kier alpha value is -2.01. The number of rotatable bonds is 2. The number of para-hydroxylation sites is 1. The highest BCUT2D eigenvalue weighted by Crippen LogP contribution is 2.38. The van der Waals surface area contributed by atoms with Crippen molar-refractivity contribution in [3.8, 4) is 0 Å². The first kappa shape index (κ1) is 11.5. The Morgan fingerprint density at radius 1 is 1.35 bits per heavy atom. The Morgan fingerprint density at radius 2 is 2.06 bits per heavy atom. The zero-order valence-corrected chi connectivity index (χ0v) is 8.92. The van der Waals surface area contributed by atoms with Gasteiger partial charge in [0.25, 0.3) is 5.69 Å². The van der Waals surface area contributed by atoms with Crippen LogP contribution >= 0.6 is 0 Å². The fraction of sp³-hybridized carbons (Fsp3) is 0.167. The van der Waals surface area contributed by atoms with Crippen LogP contribution in [-0.2, 0) is 5.67 Å². The molecule has 0 fully saturated rings. The molecule has 4 nitrogen and oxygen atoms in total. The van der Waals surface area contributed by atoms with E-state index in [1.54, 1.807) is 12.1 Å². The smallest absolute Gasteiger partial charge is 0.276 e. The Labute approximate surface area is 97.4 Å². The van der Waals surface area contributed by atoms with E-state index in [2.05, 4.69) is 0 Å². The number of nitro benzene ring substituents is 1. The van der Waals surface area contributed by atoms with Crippen molar-refractivity contribution in [1.82, 2.24) is 0 Å². The average Bonchev–Trinajstić information content (AvgIpc) is 2.33. The van der Waals surface area contributed by atoms with Crippen molar-refractivity contribution < 1.29 is 9.31 Å². The van der Waals surface area contributed by atoms with Crippen LogP contribution in [0, 0.1) is 10.1 Å². The Morgan fingerprint density at radius 3 is 2.71 bits per heavy atom. The molecule has 2 atom stereocenters. The van der Waals surface area contributed by atoms with Crippen LogP contribution in [-0.4, -0.2) is 11.0 Å². The number of hydrogen-bond donors (Lipinski definition) is 1. The number of nitrogens with zero attached hydrogens (tertiary/aromatic N) is 1. The molecule has 0 spiro atoms. The van der Waals surface area contributed by atoms with Crippen molar-refractivity contribution in [2.45, 2.75) is 11.7 Å². The number of nitrogens with two attached hydrogens (primary N) is 1. The lowest BCUT2D eigenvalue weighted by Crippen LogP contribution is -2.40. The first-order valence-electron chi connectivity index (χ1n) is 5.10. The monoisotopic (exact) mass is 234 g/mol. The van der Waals surface area contributed by atoms with Crippen molar-refractivity contribution in [3.63, 3.8) is 0 Å². The number of hydrogen-bond acceptors (Lipinski definition) is 3. The zero-order chi connectivity index (χ0) is 12.5. The van der Waals surface area contributed by atoms with Gasteiger partial charge in [0.2, 0.25) is 0 Å². The van der Waals surface area contributed by atoms with Gasteiger partial charge in [-0.05, 0) is 12.1 Å². The predicted molar refractivity (Wildman–Crippen MR) is 62.1 cm³/mol. The molecule has 88 valence electrons. The van der Waals surface area contributed by atoms with E-state index in [9.17, 15) is 14.5 Å². The summed E-state index contributed by atoms with van der Waals surface area (Å²) in [5.74, 6) is 0. The van der Waals surface area contributed by atoms with Crippen LogP contribution in [0.25, 0.3) is 0 Å². The maximum Gasteiger partial charge on any atom is 0.276 e. The molecule has 17 heavy (non-hydrogen) atoms. The SMILES string of the molecule is NC1C=CC=CC1(F)c1ccccc1[N+](=O)[O-]. The van der Waals surface area contributed by atoms with Crippen LogP contribution in [0.5, 0.6) is 0 Å². The molecular formula is C12H11FN2O2. The van der Waals surface area contributed by atoms with E-state index in [1.807, 2.05) is 0 Å². The van der Waals surface area contributed by atoms with Crippen molar-refractivity contribution in [2.24, 2.45) is 5.73 Å². The lowest BCUT2D eigenvalue weighted by atomic mass is 9.84. The summed E-state index contributed by atoms with van der Waals surface area (Å²) in [6.45, 7) is 0. The molecule has 2 N–H and O–H groups in total. The van der Waals surface area contributed by atoms with E-state index < -0.39 is 16.6 Å². The third kappa shape index (κ3) is 1.85. The standard InChI is InChI=1S/C12H11FN2O2/c13-12(8-4-3-7-11(12)14)9-5-1-2-6-10(9)15(16)17/h1-8,11H,14H2. The van der Waals surface area contributed by atoms with Crippen LogP contribution < -0.4 is 5.73 Å². The molecule has 0 radical (unpaired) electrons. The zero-order valence-electron chi connectivity index (χ0n) is 8.92. The number of halogens is 1. The molecule has 0 bridgehead atoms. The summed E-state index contributed by atoms with van der Waals surface area (Å²) in [7, 11) is 0. The molecule has 1 aromatic carbocycles. The topological polar surface area (TPSA) is 69.2 Å². The third-order valence-corrected chi connectivity index (χ3v) is 2.77. The lowest BCUT2D eigenvalue weighted by Gasteiger charge is -2.28. The van der Waals surface area contributed by atoms with Gasteiger partial charge in [0.1, 0.15) is 0 Å². The average molecular weight is 234 g/mol. The number of alkyl halides is 1. The van der Waals surface area contributed by atoms with E-state index in [0.717, 1.165) is 0 Å². The highest BCUT2D eigenvalue weighted by molar-refractivity contribution is 5.49. The Bertz CT molecular complexity index is 513. The molecule has 0 aromatic heterocycles. The van der Waals surface area contributed by atoms with Crippen molar-refractivity contribution >= 4 is 5.69 Å². The van der Waals surface area contributed by atoms with Gasteiger partial charge in [0, 0.05) is 6.07 Å². The molecular weight excluding hydrogens is 223 g/mol. The summed E-state index contributed by atoms with van der Waals surface area (Å²) in [5, 5.41) is 10.9. The van der Waals surface area contributed by atoms with Gasteiger partial charge in [-0.3, -0.25) is 10.1 Å². The van der Waals surface area contributed by atoms with E-state index in [4.69, 9.17) is 5.73 Å². The van der Waals surface area contributed by atoms with Crippen molar-refractivity contribution in [1.29, 1.82) is 0 Å². The molecule has 0 saturated carbocycles. The van der Waals surface area contributed by atoms with Gasteiger partial charge in [0.15, 0.2) is 5.67 Å². The second kappa shape index (κ2) is 4.10. The maximum atomic E-state index is 14.8. The largest absolute Gasteiger partial charge is 0.321 e. The summed E-state index contributed by atoms with van der Waals surface area (Å²) < 4.78 is 14.8. The molecule has 1 aromatic rings. The summed E-state index contributed by atoms with van der Waals surface area (Å²) in [6, 6.07) is 4.80. The predicted octanol–water partition coefficient (Wildman–Crippen LogP) is 2.21. The normalized spacial score (nSPS) is 27.1. The second-order valence-corrected chi connectivity index (χ2v) is 3.81. The van der Waals surface area contributed by atoms with E-state index in [1.165, 1.54) is 36.4 Å². The summed E-state index contributed by atoms with van der Waals surface area (Å²) in [5.41, 5.74) is 3.37. The molecule has 0 saturated heterocycles. The summed E-state index contributed by atoms with van der Waals surface area (Å²) in [6.07, 6.45) is 5.86.